The molecule has 1 aromatic carbocycles. The van der Waals surface area contributed by atoms with Gasteiger partial charge in [0.25, 0.3) is 0 Å². The number of phenols is 1. The smallest absolute Gasteiger partial charge is 0.122 e. The van der Waals surface area contributed by atoms with Gasteiger partial charge in [0.2, 0.25) is 0 Å². The van der Waals surface area contributed by atoms with Crippen LogP contribution >= 0.6 is 31.9 Å². The monoisotopic (exact) mass is 279 g/mol. The van der Waals surface area contributed by atoms with Crippen LogP contribution in [0.25, 0.3) is 0 Å². The largest absolute Gasteiger partial charge is 0.508 e. The van der Waals surface area contributed by atoms with E-state index >= 15 is 0 Å². The van der Waals surface area contributed by atoms with Gasteiger partial charge in [0.05, 0.1) is 0 Å². The molecule has 4 heteroatoms. The summed E-state index contributed by atoms with van der Waals surface area (Å²) in [6.07, 6.45) is 0. The highest BCUT2D eigenvalue weighted by Crippen LogP contribution is 2.29. The van der Waals surface area contributed by atoms with Gasteiger partial charge in [-0.2, -0.15) is 0 Å². The minimum absolute atomic E-state index is 0.216. The Kier molecular flexibility index (Phi) is 2.92. The van der Waals surface area contributed by atoms with Crippen molar-refractivity contribution in [3.05, 3.63) is 26.6 Å². The Labute approximate surface area is 81.7 Å². The van der Waals surface area contributed by atoms with Gasteiger partial charge in [-0.05, 0) is 12.1 Å². The van der Waals surface area contributed by atoms with Crippen LogP contribution in [0.3, 0.4) is 0 Å². The predicted molar refractivity (Wildman–Crippen MR) is 51.4 cm³/mol. The van der Waals surface area contributed by atoms with Crippen LogP contribution in [-0.4, -0.2) is 5.11 Å². The molecule has 60 valence electrons. The lowest BCUT2D eigenvalue weighted by Gasteiger charge is -2.04. The van der Waals surface area contributed by atoms with Crippen LogP contribution in [-0.2, 0) is 6.54 Å². The molecule has 1 rings (SSSR count). The van der Waals surface area contributed by atoms with E-state index in [1.165, 1.54) is 0 Å². The molecule has 0 saturated carbocycles. The Morgan fingerprint density at radius 1 is 1.36 bits per heavy atom. The van der Waals surface area contributed by atoms with E-state index in [9.17, 15) is 5.11 Å². The van der Waals surface area contributed by atoms with Gasteiger partial charge in [0.1, 0.15) is 5.75 Å². The number of rotatable bonds is 1. The molecule has 0 atom stereocenters. The van der Waals surface area contributed by atoms with Crippen molar-refractivity contribution in [1.29, 1.82) is 0 Å². The number of halogens is 2. The summed E-state index contributed by atoms with van der Waals surface area (Å²) in [4.78, 5) is 0. The zero-order chi connectivity index (χ0) is 8.43. The Bertz CT molecular complexity index is 252. The second-order valence-corrected chi connectivity index (χ2v) is 3.86. The minimum atomic E-state index is 0.216. The summed E-state index contributed by atoms with van der Waals surface area (Å²) in [5.41, 5.74) is 6.13. The van der Waals surface area contributed by atoms with Crippen molar-refractivity contribution in [3.63, 3.8) is 0 Å². The lowest BCUT2D eigenvalue weighted by atomic mass is 10.2. The summed E-state index contributed by atoms with van der Waals surface area (Å²) in [6.45, 7) is 0.333. The number of phenolic OH excluding ortho intramolecular Hbond substituents is 1. The maximum atomic E-state index is 9.33. The van der Waals surface area contributed by atoms with Crippen LogP contribution < -0.4 is 5.73 Å². The molecule has 0 bridgehead atoms. The Hall–Kier alpha value is -0.0600. The molecule has 0 saturated heterocycles. The van der Waals surface area contributed by atoms with Gasteiger partial charge in [-0.15, -0.1) is 0 Å². The minimum Gasteiger partial charge on any atom is -0.508 e. The third-order valence-corrected chi connectivity index (χ3v) is 2.51. The van der Waals surface area contributed by atoms with Crippen LogP contribution in [0.15, 0.2) is 21.1 Å². The lowest BCUT2D eigenvalue weighted by molar-refractivity contribution is 0.467. The molecule has 0 aliphatic carbocycles. The highest BCUT2D eigenvalue weighted by atomic mass is 79.9. The molecular weight excluding hydrogens is 274 g/mol. The zero-order valence-corrected chi connectivity index (χ0v) is 8.81. The maximum Gasteiger partial charge on any atom is 0.122 e. The molecular formula is C7H7Br2NO. The quantitative estimate of drug-likeness (QED) is 0.830. The highest BCUT2D eigenvalue weighted by Gasteiger charge is 2.04. The van der Waals surface area contributed by atoms with E-state index in [1.54, 1.807) is 6.07 Å². The molecule has 0 spiro atoms. The Balaban J connectivity index is 3.25. The molecule has 0 heterocycles. The van der Waals surface area contributed by atoms with Gasteiger partial charge >= 0.3 is 0 Å². The topological polar surface area (TPSA) is 46.2 Å². The second-order valence-electron chi connectivity index (χ2n) is 2.09. The van der Waals surface area contributed by atoms with Crippen molar-refractivity contribution in [3.8, 4) is 5.75 Å². The summed E-state index contributed by atoms with van der Waals surface area (Å²) < 4.78 is 1.66. The highest BCUT2D eigenvalue weighted by molar-refractivity contribution is 9.11. The van der Waals surface area contributed by atoms with Crippen molar-refractivity contribution in [2.24, 2.45) is 5.73 Å². The molecule has 0 aliphatic heterocycles. The van der Waals surface area contributed by atoms with E-state index < -0.39 is 0 Å². The predicted octanol–water partition coefficient (Wildman–Crippen LogP) is 2.38. The van der Waals surface area contributed by atoms with E-state index in [-0.39, 0.29) is 5.75 Å². The van der Waals surface area contributed by atoms with Crippen molar-refractivity contribution in [2.75, 3.05) is 0 Å². The van der Waals surface area contributed by atoms with Crippen LogP contribution in [0.5, 0.6) is 5.75 Å². The molecule has 0 aromatic heterocycles. The molecule has 1 aromatic rings. The van der Waals surface area contributed by atoms with Gasteiger partial charge in [-0.1, -0.05) is 31.9 Å². The Morgan fingerprint density at radius 2 is 2.00 bits per heavy atom. The molecule has 0 radical (unpaired) electrons. The molecule has 0 fully saturated rings. The van der Waals surface area contributed by atoms with Gasteiger partial charge in [-0.3, -0.25) is 0 Å². The zero-order valence-electron chi connectivity index (χ0n) is 5.64. The van der Waals surface area contributed by atoms with Gasteiger partial charge in [-0.25, -0.2) is 0 Å². The van der Waals surface area contributed by atoms with Crippen LogP contribution in [0.4, 0.5) is 0 Å². The molecule has 0 aliphatic rings. The maximum absolute atomic E-state index is 9.33. The van der Waals surface area contributed by atoms with E-state index in [1.807, 2.05) is 6.07 Å². The molecule has 0 amide bonds. The first kappa shape index (κ1) is 9.03. The normalized spacial score (nSPS) is 10.1. The van der Waals surface area contributed by atoms with Crippen molar-refractivity contribution in [1.82, 2.24) is 0 Å². The van der Waals surface area contributed by atoms with Gasteiger partial charge in [0, 0.05) is 21.1 Å². The SMILES string of the molecule is NCc1c(O)cc(Br)cc1Br. The van der Waals surface area contributed by atoms with E-state index in [4.69, 9.17) is 5.73 Å². The molecule has 2 nitrogen and oxygen atoms in total. The molecule has 3 N–H and O–H groups in total. The lowest BCUT2D eigenvalue weighted by Crippen LogP contribution is -1.97. The Morgan fingerprint density at radius 3 is 2.45 bits per heavy atom. The standard InChI is InChI=1S/C7H7Br2NO/c8-4-1-6(9)5(3-10)7(11)2-4/h1-2,11H,3,10H2. The average Bonchev–Trinajstić information content (AvgIpc) is 1.85. The fourth-order valence-corrected chi connectivity index (χ4v) is 2.16. The van der Waals surface area contributed by atoms with Crippen LogP contribution in [0, 0.1) is 0 Å². The third kappa shape index (κ3) is 1.95. The fourth-order valence-electron chi connectivity index (χ4n) is 0.792. The van der Waals surface area contributed by atoms with Crippen LogP contribution in [0.2, 0.25) is 0 Å². The van der Waals surface area contributed by atoms with Gasteiger partial charge in [0.15, 0.2) is 0 Å². The summed E-state index contributed by atoms with van der Waals surface area (Å²) >= 11 is 6.53. The number of hydrogen-bond acceptors (Lipinski definition) is 2. The van der Waals surface area contributed by atoms with E-state index in [0.29, 0.717) is 6.54 Å². The van der Waals surface area contributed by atoms with Crippen molar-refractivity contribution >= 4 is 31.9 Å². The molecule has 0 unspecified atom stereocenters. The van der Waals surface area contributed by atoms with Gasteiger partial charge < -0.3 is 10.8 Å². The van der Waals surface area contributed by atoms with Crippen molar-refractivity contribution in [2.45, 2.75) is 6.54 Å². The number of benzene rings is 1. The van der Waals surface area contributed by atoms with E-state index in [0.717, 1.165) is 14.5 Å². The first-order valence-corrected chi connectivity index (χ1v) is 4.60. The van der Waals surface area contributed by atoms with E-state index in [2.05, 4.69) is 31.9 Å². The van der Waals surface area contributed by atoms with Crippen LogP contribution in [0.1, 0.15) is 5.56 Å². The summed E-state index contributed by atoms with van der Waals surface area (Å²) in [7, 11) is 0. The average molecular weight is 281 g/mol. The molecule has 11 heavy (non-hydrogen) atoms. The third-order valence-electron chi connectivity index (χ3n) is 1.34. The summed E-state index contributed by atoms with van der Waals surface area (Å²) in [6, 6.07) is 3.47. The first-order chi connectivity index (χ1) is 5.15. The number of hydrogen-bond donors (Lipinski definition) is 2. The fraction of sp³-hybridized carbons (Fsp3) is 0.143. The number of nitrogens with two attached hydrogens (primary N) is 1. The van der Waals surface area contributed by atoms with Crippen molar-refractivity contribution < 1.29 is 5.11 Å². The first-order valence-electron chi connectivity index (χ1n) is 3.02. The second kappa shape index (κ2) is 3.56. The number of aromatic hydroxyl groups is 1. The summed E-state index contributed by atoms with van der Waals surface area (Å²) in [5, 5.41) is 9.33. The summed E-state index contributed by atoms with van der Waals surface area (Å²) in [5.74, 6) is 0.216.